The third-order valence-electron chi connectivity index (χ3n) is 2.02. The maximum atomic E-state index is 11.4. The number of benzene rings is 1. The summed E-state index contributed by atoms with van der Waals surface area (Å²) in [6.45, 7) is 2.61. The molecule has 16 heavy (non-hydrogen) atoms. The molecular formula is C11H12ClNO3. The number of imide groups is 1. The highest BCUT2D eigenvalue weighted by molar-refractivity contribution is 6.33. The van der Waals surface area contributed by atoms with E-state index >= 15 is 0 Å². The Morgan fingerprint density at radius 3 is 2.25 bits per heavy atom. The third kappa shape index (κ3) is 2.33. The molecule has 86 valence electrons. The maximum Gasteiger partial charge on any atom is 0.230 e. The molecule has 0 bridgehead atoms. The zero-order valence-electron chi connectivity index (χ0n) is 9.28. The molecule has 0 aliphatic heterocycles. The lowest BCUT2D eigenvalue weighted by atomic mass is 10.2. The van der Waals surface area contributed by atoms with Crippen molar-refractivity contribution in [2.24, 2.45) is 0 Å². The molecule has 4 nitrogen and oxygen atoms in total. The molecule has 1 aromatic carbocycles. The highest BCUT2D eigenvalue weighted by Crippen LogP contribution is 2.35. The summed E-state index contributed by atoms with van der Waals surface area (Å²) in [6, 6.07) is 4.88. The van der Waals surface area contributed by atoms with Crippen molar-refractivity contribution < 1.29 is 14.3 Å². The van der Waals surface area contributed by atoms with Crippen LogP contribution in [0.4, 0.5) is 5.69 Å². The predicted octanol–water partition coefficient (Wildman–Crippen LogP) is 2.25. The van der Waals surface area contributed by atoms with Crippen LogP contribution < -0.4 is 9.64 Å². The van der Waals surface area contributed by atoms with Crippen molar-refractivity contribution in [3.63, 3.8) is 0 Å². The molecule has 0 atom stereocenters. The first-order chi connectivity index (χ1) is 7.49. The van der Waals surface area contributed by atoms with Gasteiger partial charge in [0.05, 0.1) is 17.8 Å². The quantitative estimate of drug-likeness (QED) is 0.798. The number of nitrogens with zero attached hydrogens (tertiary/aromatic N) is 1. The van der Waals surface area contributed by atoms with E-state index in [4.69, 9.17) is 16.3 Å². The van der Waals surface area contributed by atoms with E-state index in [-0.39, 0.29) is 11.8 Å². The van der Waals surface area contributed by atoms with E-state index in [2.05, 4.69) is 0 Å². The van der Waals surface area contributed by atoms with E-state index in [0.29, 0.717) is 16.5 Å². The Labute approximate surface area is 98.8 Å². The lowest BCUT2D eigenvalue weighted by Crippen LogP contribution is -2.33. The summed E-state index contributed by atoms with van der Waals surface area (Å²) in [5.74, 6) is -0.448. The SMILES string of the molecule is COc1c(Cl)cccc1N(C(C)=O)C(C)=O. The van der Waals surface area contributed by atoms with Crippen molar-refractivity contribution in [3.05, 3.63) is 23.2 Å². The first-order valence-electron chi connectivity index (χ1n) is 4.62. The second-order valence-corrected chi connectivity index (χ2v) is 3.57. The number of halogens is 1. The summed E-state index contributed by atoms with van der Waals surface area (Å²) < 4.78 is 5.08. The Balaban J connectivity index is 3.35. The number of carbonyl (C=O) groups is 2. The molecule has 0 fully saturated rings. The van der Waals surface area contributed by atoms with Crippen LogP contribution in [0.5, 0.6) is 5.75 Å². The van der Waals surface area contributed by atoms with Crippen molar-refractivity contribution in [2.75, 3.05) is 12.0 Å². The van der Waals surface area contributed by atoms with Gasteiger partial charge in [-0.1, -0.05) is 17.7 Å². The van der Waals surface area contributed by atoms with Crippen LogP contribution in [0.3, 0.4) is 0 Å². The van der Waals surface area contributed by atoms with Crippen molar-refractivity contribution in [1.29, 1.82) is 0 Å². The average Bonchev–Trinajstić information content (AvgIpc) is 2.16. The number of hydrogen-bond donors (Lipinski definition) is 0. The number of carbonyl (C=O) groups excluding carboxylic acids is 2. The number of para-hydroxylation sites is 1. The molecule has 2 amide bonds. The second kappa shape index (κ2) is 4.99. The lowest BCUT2D eigenvalue weighted by Gasteiger charge is -2.20. The van der Waals surface area contributed by atoms with E-state index in [1.807, 2.05) is 0 Å². The van der Waals surface area contributed by atoms with Crippen LogP contribution in [0.15, 0.2) is 18.2 Å². The molecule has 5 heteroatoms. The number of hydrogen-bond acceptors (Lipinski definition) is 3. The van der Waals surface area contributed by atoms with E-state index < -0.39 is 0 Å². The summed E-state index contributed by atoms with van der Waals surface area (Å²) in [7, 11) is 1.43. The lowest BCUT2D eigenvalue weighted by molar-refractivity contribution is -0.124. The first kappa shape index (κ1) is 12.5. The minimum absolute atomic E-state index is 0.314. The van der Waals surface area contributed by atoms with E-state index in [1.165, 1.54) is 21.0 Å². The smallest absolute Gasteiger partial charge is 0.230 e. The largest absolute Gasteiger partial charge is 0.493 e. The summed E-state index contributed by atoms with van der Waals surface area (Å²) in [4.78, 5) is 23.8. The highest BCUT2D eigenvalue weighted by Gasteiger charge is 2.21. The van der Waals surface area contributed by atoms with Crippen molar-refractivity contribution in [3.8, 4) is 5.75 Å². The normalized spacial score (nSPS) is 9.75. The average molecular weight is 242 g/mol. The van der Waals surface area contributed by atoms with Crippen LogP contribution in [0.1, 0.15) is 13.8 Å². The Hall–Kier alpha value is -1.55. The minimum Gasteiger partial charge on any atom is -0.493 e. The number of anilines is 1. The Kier molecular flexibility index (Phi) is 3.90. The molecule has 0 aliphatic carbocycles. The molecule has 0 aliphatic rings. The van der Waals surface area contributed by atoms with E-state index in [1.54, 1.807) is 18.2 Å². The van der Waals surface area contributed by atoms with Gasteiger partial charge < -0.3 is 4.74 Å². The molecule has 1 aromatic rings. The molecule has 0 saturated carbocycles. The monoisotopic (exact) mass is 241 g/mol. The molecule has 0 aromatic heterocycles. The molecule has 0 unspecified atom stereocenters. The predicted molar refractivity (Wildman–Crippen MR) is 61.8 cm³/mol. The number of ether oxygens (including phenoxy) is 1. The van der Waals surface area contributed by atoms with Crippen LogP contribution in [-0.4, -0.2) is 18.9 Å². The van der Waals surface area contributed by atoms with E-state index in [0.717, 1.165) is 4.90 Å². The summed E-state index contributed by atoms with van der Waals surface area (Å²) in [6.07, 6.45) is 0. The van der Waals surface area contributed by atoms with Crippen molar-refractivity contribution in [2.45, 2.75) is 13.8 Å². The summed E-state index contributed by atoms with van der Waals surface area (Å²) in [5.41, 5.74) is 0.356. The van der Waals surface area contributed by atoms with Crippen LogP contribution in [-0.2, 0) is 9.59 Å². The number of methoxy groups -OCH3 is 1. The Morgan fingerprint density at radius 1 is 1.25 bits per heavy atom. The van der Waals surface area contributed by atoms with Gasteiger partial charge in [-0.3, -0.25) is 9.59 Å². The van der Waals surface area contributed by atoms with Crippen molar-refractivity contribution in [1.82, 2.24) is 0 Å². The van der Waals surface area contributed by atoms with Gasteiger partial charge in [-0.05, 0) is 12.1 Å². The van der Waals surface area contributed by atoms with Gasteiger partial charge in [0.25, 0.3) is 0 Å². The van der Waals surface area contributed by atoms with Crippen LogP contribution >= 0.6 is 11.6 Å². The van der Waals surface area contributed by atoms with Crippen molar-refractivity contribution >= 4 is 29.1 Å². The number of amides is 2. The van der Waals surface area contributed by atoms with Crippen LogP contribution in [0.2, 0.25) is 5.02 Å². The summed E-state index contributed by atoms with van der Waals surface area (Å²) in [5, 5.41) is 0.354. The molecule has 0 saturated heterocycles. The fourth-order valence-electron chi connectivity index (χ4n) is 1.44. The van der Waals surface area contributed by atoms with Gasteiger partial charge in [-0.15, -0.1) is 0 Å². The van der Waals surface area contributed by atoms with Gasteiger partial charge in [0.1, 0.15) is 0 Å². The number of rotatable bonds is 2. The Morgan fingerprint density at radius 2 is 1.81 bits per heavy atom. The van der Waals surface area contributed by atoms with Crippen LogP contribution in [0.25, 0.3) is 0 Å². The Bertz CT molecular complexity index is 417. The van der Waals surface area contributed by atoms with E-state index in [9.17, 15) is 9.59 Å². The van der Waals surface area contributed by atoms with Gasteiger partial charge in [-0.2, -0.15) is 0 Å². The van der Waals surface area contributed by atoms with Gasteiger partial charge >= 0.3 is 0 Å². The maximum absolute atomic E-state index is 11.4. The first-order valence-corrected chi connectivity index (χ1v) is 5.00. The minimum atomic E-state index is -0.381. The molecule has 0 N–H and O–H groups in total. The zero-order chi connectivity index (χ0) is 12.3. The molecular weight excluding hydrogens is 230 g/mol. The summed E-state index contributed by atoms with van der Waals surface area (Å²) >= 11 is 5.91. The van der Waals surface area contributed by atoms with Gasteiger partial charge in [-0.25, -0.2) is 4.90 Å². The third-order valence-corrected chi connectivity index (χ3v) is 2.32. The molecule has 0 radical (unpaired) electrons. The van der Waals surface area contributed by atoms with Gasteiger partial charge in [0.15, 0.2) is 5.75 Å². The fourth-order valence-corrected chi connectivity index (χ4v) is 1.68. The molecule has 0 spiro atoms. The van der Waals surface area contributed by atoms with Gasteiger partial charge in [0, 0.05) is 13.8 Å². The van der Waals surface area contributed by atoms with Gasteiger partial charge in [0.2, 0.25) is 11.8 Å². The highest BCUT2D eigenvalue weighted by atomic mass is 35.5. The second-order valence-electron chi connectivity index (χ2n) is 3.17. The molecule has 0 heterocycles. The topological polar surface area (TPSA) is 46.6 Å². The molecule has 1 rings (SSSR count). The zero-order valence-corrected chi connectivity index (χ0v) is 10.0. The fraction of sp³-hybridized carbons (Fsp3) is 0.273. The van der Waals surface area contributed by atoms with Crippen LogP contribution in [0, 0.1) is 0 Å². The standard InChI is InChI=1S/C11H12ClNO3/c1-7(14)13(8(2)15)10-6-4-5-9(12)11(10)16-3/h4-6H,1-3H3.